The number of hydrogen-bond acceptors (Lipinski definition) is 2. The molecule has 3 nitrogen and oxygen atoms in total. The zero-order valence-electron chi connectivity index (χ0n) is 8.63. The number of pyridine rings is 1. The topological polar surface area (TPSA) is 33.2 Å². The Morgan fingerprint density at radius 3 is 2.47 bits per heavy atom. The maximum Gasteiger partial charge on any atom is 0.274 e. The van der Waals surface area contributed by atoms with E-state index in [1.807, 2.05) is 13.8 Å². The number of aromatic nitrogens is 1. The van der Waals surface area contributed by atoms with Crippen LogP contribution < -0.4 is 0 Å². The fraction of sp³-hybridized carbons (Fsp3) is 0.400. The highest BCUT2D eigenvalue weighted by Gasteiger charge is 2.17. The summed E-state index contributed by atoms with van der Waals surface area (Å²) in [5.41, 5.74) is 0.216. The van der Waals surface area contributed by atoms with Gasteiger partial charge in [0.15, 0.2) is 0 Å². The summed E-state index contributed by atoms with van der Waals surface area (Å²) in [5.74, 6) is -0.187. The highest BCUT2D eigenvalue weighted by molar-refractivity contribution is 6.34. The van der Waals surface area contributed by atoms with Crippen molar-refractivity contribution in [3.05, 3.63) is 28.0 Å². The first-order valence-corrected chi connectivity index (χ1v) is 5.47. The van der Waals surface area contributed by atoms with Gasteiger partial charge in [-0.2, -0.15) is 0 Å². The molecule has 0 aliphatic heterocycles. The van der Waals surface area contributed by atoms with Crippen LogP contribution in [0.4, 0.5) is 0 Å². The lowest BCUT2D eigenvalue weighted by Crippen LogP contribution is -2.31. The molecular weight excluding hydrogens is 235 g/mol. The van der Waals surface area contributed by atoms with E-state index in [9.17, 15) is 4.79 Å². The SMILES string of the molecule is CCN(CC)C(=O)c1nc(Cl)ccc1Cl. The lowest BCUT2D eigenvalue weighted by Gasteiger charge is -2.18. The maximum absolute atomic E-state index is 11.9. The Balaban J connectivity index is 3.04. The van der Waals surface area contributed by atoms with Crippen molar-refractivity contribution >= 4 is 29.1 Å². The Kier molecular flexibility index (Phi) is 4.36. The van der Waals surface area contributed by atoms with Crippen molar-refractivity contribution in [3.63, 3.8) is 0 Å². The van der Waals surface area contributed by atoms with E-state index in [1.54, 1.807) is 17.0 Å². The molecule has 1 aromatic rings. The Morgan fingerprint density at radius 1 is 1.33 bits per heavy atom. The minimum absolute atomic E-state index is 0.187. The molecule has 0 atom stereocenters. The van der Waals surface area contributed by atoms with Gasteiger partial charge in [0.1, 0.15) is 10.8 Å². The van der Waals surface area contributed by atoms with Gasteiger partial charge in [0.05, 0.1) is 5.02 Å². The first-order valence-electron chi connectivity index (χ1n) is 4.71. The number of carbonyl (C=O) groups is 1. The van der Waals surface area contributed by atoms with Crippen LogP contribution in [0.5, 0.6) is 0 Å². The molecule has 82 valence electrons. The minimum Gasteiger partial charge on any atom is -0.338 e. The molecule has 0 radical (unpaired) electrons. The highest BCUT2D eigenvalue weighted by Crippen LogP contribution is 2.18. The zero-order valence-corrected chi connectivity index (χ0v) is 10.1. The lowest BCUT2D eigenvalue weighted by molar-refractivity contribution is 0.0767. The average Bonchev–Trinajstić information content (AvgIpc) is 2.23. The van der Waals surface area contributed by atoms with Crippen molar-refractivity contribution in [1.82, 2.24) is 9.88 Å². The summed E-state index contributed by atoms with van der Waals surface area (Å²) in [6.45, 7) is 5.05. The quantitative estimate of drug-likeness (QED) is 0.769. The van der Waals surface area contributed by atoms with Gasteiger partial charge in [-0.05, 0) is 26.0 Å². The predicted molar refractivity (Wildman–Crippen MR) is 61.5 cm³/mol. The van der Waals surface area contributed by atoms with Crippen LogP contribution in [0.2, 0.25) is 10.2 Å². The van der Waals surface area contributed by atoms with Crippen molar-refractivity contribution < 1.29 is 4.79 Å². The number of halogens is 2. The molecule has 0 saturated carbocycles. The van der Waals surface area contributed by atoms with Crippen LogP contribution in [0, 0.1) is 0 Å². The Labute approximate surface area is 99.0 Å². The molecule has 1 aromatic heterocycles. The van der Waals surface area contributed by atoms with E-state index >= 15 is 0 Å². The van der Waals surface area contributed by atoms with Crippen molar-refractivity contribution in [3.8, 4) is 0 Å². The van der Waals surface area contributed by atoms with Gasteiger partial charge in [0.2, 0.25) is 0 Å². The standard InChI is InChI=1S/C10H12Cl2N2O/c1-3-14(4-2)10(15)9-7(11)5-6-8(12)13-9/h5-6H,3-4H2,1-2H3. The summed E-state index contributed by atoms with van der Waals surface area (Å²) in [7, 11) is 0. The van der Waals surface area contributed by atoms with Crippen molar-refractivity contribution in [2.24, 2.45) is 0 Å². The van der Waals surface area contributed by atoms with E-state index in [1.165, 1.54) is 0 Å². The first kappa shape index (κ1) is 12.3. The van der Waals surface area contributed by atoms with Crippen LogP contribution in [-0.4, -0.2) is 28.9 Å². The zero-order chi connectivity index (χ0) is 11.4. The summed E-state index contributed by atoms with van der Waals surface area (Å²) in [6.07, 6.45) is 0. The smallest absolute Gasteiger partial charge is 0.274 e. The molecule has 1 amide bonds. The molecule has 0 spiro atoms. The summed E-state index contributed by atoms with van der Waals surface area (Å²) in [4.78, 5) is 17.5. The third-order valence-electron chi connectivity index (χ3n) is 2.07. The van der Waals surface area contributed by atoms with Gasteiger partial charge in [-0.1, -0.05) is 23.2 Å². The molecule has 0 fully saturated rings. The van der Waals surface area contributed by atoms with E-state index in [4.69, 9.17) is 23.2 Å². The van der Waals surface area contributed by atoms with E-state index in [0.29, 0.717) is 18.1 Å². The van der Waals surface area contributed by atoms with Crippen LogP contribution >= 0.6 is 23.2 Å². The summed E-state index contributed by atoms with van der Waals surface area (Å²) < 4.78 is 0. The highest BCUT2D eigenvalue weighted by atomic mass is 35.5. The molecular formula is C10H12Cl2N2O. The molecule has 1 rings (SSSR count). The monoisotopic (exact) mass is 246 g/mol. The van der Waals surface area contributed by atoms with E-state index < -0.39 is 0 Å². The number of nitrogens with zero attached hydrogens (tertiary/aromatic N) is 2. The van der Waals surface area contributed by atoms with Crippen LogP contribution in [-0.2, 0) is 0 Å². The first-order chi connectivity index (χ1) is 7.10. The van der Waals surface area contributed by atoms with Gasteiger partial charge in [0.25, 0.3) is 5.91 Å². The molecule has 0 bridgehead atoms. The minimum atomic E-state index is -0.187. The Hall–Kier alpha value is -0.800. The van der Waals surface area contributed by atoms with Crippen LogP contribution in [0.3, 0.4) is 0 Å². The summed E-state index contributed by atoms with van der Waals surface area (Å²) in [5, 5.41) is 0.603. The van der Waals surface area contributed by atoms with E-state index in [0.717, 1.165) is 0 Å². The second kappa shape index (κ2) is 5.33. The Bertz CT molecular complexity index is 364. The molecule has 0 aliphatic rings. The molecule has 0 saturated heterocycles. The summed E-state index contributed by atoms with van der Waals surface area (Å²) >= 11 is 11.6. The third-order valence-corrected chi connectivity index (χ3v) is 2.58. The maximum atomic E-state index is 11.9. The molecule has 1 heterocycles. The fourth-order valence-corrected chi connectivity index (χ4v) is 1.56. The number of rotatable bonds is 3. The largest absolute Gasteiger partial charge is 0.338 e. The molecule has 15 heavy (non-hydrogen) atoms. The molecule has 5 heteroatoms. The normalized spacial score (nSPS) is 10.1. The van der Waals surface area contributed by atoms with Crippen molar-refractivity contribution in [1.29, 1.82) is 0 Å². The third kappa shape index (κ3) is 2.83. The van der Waals surface area contributed by atoms with Gasteiger partial charge in [-0.3, -0.25) is 4.79 Å². The number of hydrogen-bond donors (Lipinski definition) is 0. The van der Waals surface area contributed by atoms with Gasteiger partial charge in [-0.15, -0.1) is 0 Å². The number of amides is 1. The lowest BCUT2D eigenvalue weighted by atomic mass is 10.3. The van der Waals surface area contributed by atoms with Crippen LogP contribution in [0.15, 0.2) is 12.1 Å². The van der Waals surface area contributed by atoms with E-state index in [2.05, 4.69) is 4.98 Å². The van der Waals surface area contributed by atoms with Gasteiger partial charge < -0.3 is 4.90 Å². The van der Waals surface area contributed by atoms with Crippen molar-refractivity contribution in [2.75, 3.05) is 13.1 Å². The van der Waals surface area contributed by atoms with Gasteiger partial charge in [-0.25, -0.2) is 4.98 Å². The molecule has 0 N–H and O–H groups in total. The second-order valence-corrected chi connectivity index (χ2v) is 3.74. The van der Waals surface area contributed by atoms with Crippen LogP contribution in [0.25, 0.3) is 0 Å². The van der Waals surface area contributed by atoms with Crippen LogP contribution in [0.1, 0.15) is 24.3 Å². The summed E-state index contributed by atoms with van der Waals surface area (Å²) in [6, 6.07) is 3.14. The van der Waals surface area contributed by atoms with Gasteiger partial charge in [0, 0.05) is 13.1 Å². The number of carbonyl (C=O) groups excluding carboxylic acids is 1. The predicted octanol–water partition coefficient (Wildman–Crippen LogP) is 2.87. The van der Waals surface area contributed by atoms with E-state index in [-0.39, 0.29) is 16.8 Å². The molecule has 0 unspecified atom stereocenters. The molecule has 0 aromatic carbocycles. The van der Waals surface area contributed by atoms with Crippen molar-refractivity contribution in [2.45, 2.75) is 13.8 Å². The van der Waals surface area contributed by atoms with Gasteiger partial charge >= 0.3 is 0 Å². The Morgan fingerprint density at radius 2 is 1.93 bits per heavy atom. The second-order valence-electron chi connectivity index (χ2n) is 2.94. The average molecular weight is 247 g/mol. The fourth-order valence-electron chi connectivity index (χ4n) is 1.23. The molecule has 0 aliphatic carbocycles.